The molecule has 0 aliphatic carbocycles. The highest BCUT2D eigenvalue weighted by Gasteiger charge is 2.13. The second-order valence-electron chi connectivity index (χ2n) is 5.40. The molecule has 126 valence electrons. The topological polar surface area (TPSA) is 79.4 Å². The summed E-state index contributed by atoms with van der Waals surface area (Å²) in [6.07, 6.45) is 5.00. The molecule has 26 heavy (non-hydrogen) atoms. The number of hydrogen-bond donors (Lipinski definition) is 1. The summed E-state index contributed by atoms with van der Waals surface area (Å²) >= 11 is 12.6. The molecular formula is C18H10Cl2N6. The predicted molar refractivity (Wildman–Crippen MR) is 101 cm³/mol. The molecule has 3 aromatic heterocycles. The average molecular weight is 381 g/mol. The largest absolute Gasteiger partial charge is 0.324 e. The number of aromatic nitrogens is 4. The van der Waals surface area contributed by atoms with Crippen molar-refractivity contribution in [3.8, 4) is 11.8 Å². The number of para-hydroxylation sites is 1. The molecule has 0 bridgehead atoms. The van der Waals surface area contributed by atoms with Crippen LogP contribution in [0.3, 0.4) is 0 Å². The molecule has 0 spiro atoms. The Labute approximate surface area is 158 Å². The van der Waals surface area contributed by atoms with Gasteiger partial charge in [-0.05, 0) is 30.3 Å². The van der Waals surface area contributed by atoms with Gasteiger partial charge in [-0.2, -0.15) is 10.4 Å². The van der Waals surface area contributed by atoms with Crippen molar-refractivity contribution in [2.75, 3.05) is 5.32 Å². The number of anilines is 2. The molecule has 0 amide bonds. The molecule has 0 radical (unpaired) electrons. The van der Waals surface area contributed by atoms with Gasteiger partial charge in [0.2, 0.25) is 0 Å². The van der Waals surface area contributed by atoms with E-state index >= 15 is 0 Å². The lowest BCUT2D eigenvalue weighted by Gasteiger charge is -2.06. The van der Waals surface area contributed by atoms with Crippen molar-refractivity contribution >= 4 is 45.7 Å². The van der Waals surface area contributed by atoms with Crippen LogP contribution in [-0.2, 0) is 0 Å². The zero-order valence-corrected chi connectivity index (χ0v) is 14.7. The summed E-state index contributed by atoms with van der Waals surface area (Å²) in [5.74, 6) is 1.09. The Bertz CT molecular complexity index is 1140. The summed E-state index contributed by atoms with van der Waals surface area (Å²) in [5, 5.41) is 18.4. The Balaban J connectivity index is 1.80. The number of rotatable bonds is 3. The molecule has 1 aromatic carbocycles. The predicted octanol–water partition coefficient (Wildman–Crippen LogP) is 4.74. The van der Waals surface area contributed by atoms with Crippen LogP contribution in [0.2, 0.25) is 10.0 Å². The van der Waals surface area contributed by atoms with Gasteiger partial charge in [-0.25, -0.2) is 14.6 Å². The molecule has 4 aromatic rings. The molecule has 0 aliphatic rings. The van der Waals surface area contributed by atoms with Crippen LogP contribution in [0, 0.1) is 11.3 Å². The summed E-state index contributed by atoms with van der Waals surface area (Å²) in [4.78, 5) is 8.57. The molecular weight excluding hydrogens is 371 g/mol. The number of halogens is 2. The minimum absolute atomic E-state index is 0.496. The number of nitriles is 1. The van der Waals surface area contributed by atoms with Crippen LogP contribution in [0.1, 0.15) is 5.56 Å². The van der Waals surface area contributed by atoms with Crippen LogP contribution in [0.15, 0.2) is 55.0 Å². The van der Waals surface area contributed by atoms with E-state index in [2.05, 4.69) is 26.5 Å². The number of pyridine rings is 2. The van der Waals surface area contributed by atoms with E-state index in [-0.39, 0.29) is 0 Å². The molecule has 1 N–H and O–H groups in total. The van der Waals surface area contributed by atoms with Gasteiger partial charge in [0.1, 0.15) is 17.3 Å². The SMILES string of the molecule is N#Cc1ccnc(Nc2nccc3nn(-c4c(Cl)cccc4Cl)cc23)c1. The summed E-state index contributed by atoms with van der Waals surface area (Å²) in [7, 11) is 0. The highest BCUT2D eigenvalue weighted by atomic mass is 35.5. The minimum Gasteiger partial charge on any atom is -0.324 e. The van der Waals surface area contributed by atoms with Crippen molar-refractivity contribution in [3.05, 3.63) is 70.6 Å². The van der Waals surface area contributed by atoms with Crippen LogP contribution in [0.25, 0.3) is 16.6 Å². The Morgan fingerprint density at radius 1 is 1.04 bits per heavy atom. The molecule has 8 heteroatoms. The van der Waals surface area contributed by atoms with E-state index in [9.17, 15) is 0 Å². The number of nitrogens with zero attached hydrogens (tertiary/aromatic N) is 5. The van der Waals surface area contributed by atoms with Crippen molar-refractivity contribution in [1.82, 2.24) is 19.7 Å². The van der Waals surface area contributed by atoms with Crippen LogP contribution in [0.4, 0.5) is 11.6 Å². The fourth-order valence-electron chi connectivity index (χ4n) is 2.56. The molecule has 0 fully saturated rings. The third-order valence-electron chi connectivity index (χ3n) is 3.74. The number of benzene rings is 1. The quantitative estimate of drug-likeness (QED) is 0.555. The second kappa shape index (κ2) is 6.64. The molecule has 3 heterocycles. The summed E-state index contributed by atoms with van der Waals surface area (Å²) in [6.45, 7) is 0. The Kier molecular flexibility index (Phi) is 4.17. The van der Waals surface area contributed by atoms with E-state index in [1.807, 2.05) is 0 Å². The fraction of sp³-hybridized carbons (Fsp3) is 0. The van der Waals surface area contributed by atoms with Gasteiger partial charge in [-0.1, -0.05) is 29.3 Å². The van der Waals surface area contributed by atoms with Crippen LogP contribution >= 0.6 is 23.2 Å². The van der Waals surface area contributed by atoms with E-state index in [0.717, 1.165) is 10.9 Å². The van der Waals surface area contributed by atoms with E-state index < -0.39 is 0 Å². The first-order valence-corrected chi connectivity index (χ1v) is 8.33. The van der Waals surface area contributed by atoms with E-state index in [4.69, 9.17) is 28.5 Å². The third-order valence-corrected chi connectivity index (χ3v) is 4.35. The number of hydrogen-bond acceptors (Lipinski definition) is 5. The third kappa shape index (κ3) is 2.94. The molecule has 0 atom stereocenters. The average Bonchev–Trinajstić information content (AvgIpc) is 3.06. The maximum absolute atomic E-state index is 9.02. The maximum Gasteiger partial charge on any atom is 0.142 e. The van der Waals surface area contributed by atoms with Crippen LogP contribution < -0.4 is 5.32 Å². The molecule has 6 nitrogen and oxygen atoms in total. The van der Waals surface area contributed by atoms with Crippen molar-refractivity contribution in [3.63, 3.8) is 0 Å². The molecule has 0 aliphatic heterocycles. The first-order valence-electron chi connectivity index (χ1n) is 7.57. The van der Waals surface area contributed by atoms with E-state index in [1.165, 1.54) is 0 Å². The Hall–Kier alpha value is -3.14. The molecule has 0 saturated carbocycles. The van der Waals surface area contributed by atoms with E-state index in [1.54, 1.807) is 59.7 Å². The normalized spacial score (nSPS) is 10.7. The van der Waals surface area contributed by atoms with Crippen molar-refractivity contribution in [2.45, 2.75) is 0 Å². The van der Waals surface area contributed by atoms with E-state index in [0.29, 0.717) is 32.9 Å². The lowest BCUT2D eigenvalue weighted by molar-refractivity contribution is 0.897. The molecule has 0 saturated heterocycles. The van der Waals surface area contributed by atoms with Crippen LogP contribution in [0.5, 0.6) is 0 Å². The van der Waals surface area contributed by atoms with Gasteiger partial charge in [0.15, 0.2) is 0 Å². The minimum atomic E-state index is 0.496. The zero-order valence-electron chi connectivity index (χ0n) is 13.2. The van der Waals surface area contributed by atoms with Gasteiger partial charge >= 0.3 is 0 Å². The summed E-state index contributed by atoms with van der Waals surface area (Å²) in [6, 6.07) is 12.4. The molecule has 4 rings (SSSR count). The first kappa shape index (κ1) is 16.3. The monoisotopic (exact) mass is 380 g/mol. The summed E-state index contributed by atoms with van der Waals surface area (Å²) < 4.78 is 1.63. The van der Waals surface area contributed by atoms with Gasteiger partial charge in [0.25, 0.3) is 0 Å². The Morgan fingerprint density at radius 3 is 2.58 bits per heavy atom. The smallest absolute Gasteiger partial charge is 0.142 e. The lowest BCUT2D eigenvalue weighted by Crippen LogP contribution is -1.96. The number of nitrogens with one attached hydrogen (secondary N) is 1. The van der Waals surface area contributed by atoms with Gasteiger partial charge in [-0.3, -0.25) is 0 Å². The highest BCUT2D eigenvalue weighted by Crippen LogP contribution is 2.30. The first-order chi connectivity index (χ1) is 12.7. The summed E-state index contributed by atoms with van der Waals surface area (Å²) in [5.41, 5.74) is 1.82. The fourth-order valence-corrected chi connectivity index (χ4v) is 3.13. The van der Waals surface area contributed by atoms with Crippen molar-refractivity contribution in [1.29, 1.82) is 5.26 Å². The van der Waals surface area contributed by atoms with Gasteiger partial charge in [0.05, 0.1) is 32.6 Å². The Morgan fingerprint density at radius 2 is 1.81 bits per heavy atom. The lowest BCUT2D eigenvalue weighted by atomic mass is 10.3. The van der Waals surface area contributed by atoms with Crippen molar-refractivity contribution < 1.29 is 0 Å². The van der Waals surface area contributed by atoms with Crippen LogP contribution in [-0.4, -0.2) is 19.7 Å². The van der Waals surface area contributed by atoms with Gasteiger partial charge in [-0.15, -0.1) is 0 Å². The number of fused-ring (bicyclic) bond motifs is 1. The van der Waals surface area contributed by atoms with Gasteiger partial charge in [0, 0.05) is 18.6 Å². The highest BCUT2D eigenvalue weighted by molar-refractivity contribution is 6.37. The second-order valence-corrected chi connectivity index (χ2v) is 6.22. The van der Waals surface area contributed by atoms with Gasteiger partial charge < -0.3 is 5.32 Å². The van der Waals surface area contributed by atoms with Crippen molar-refractivity contribution in [2.24, 2.45) is 0 Å². The standard InChI is InChI=1S/C18H10Cl2N6/c19-13-2-1-3-14(20)17(13)26-10-12-15(25-26)5-7-23-18(12)24-16-8-11(9-21)4-6-22-16/h1-8,10H,(H,22,23,24). The molecule has 0 unspecified atom stereocenters. The zero-order chi connectivity index (χ0) is 18.1. The maximum atomic E-state index is 9.02.